The molecular formula is C11H12N4O4S. The van der Waals surface area contributed by atoms with Gasteiger partial charge in [0.2, 0.25) is 5.13 Å². The summed E-state index contributed by atoms with van der Waals surface area (Å²) in [5.74, 6) is 0.719. The number of non-ortho nitro benzene ring substituents is 1. The van der Waals surface area contributed by atoms with E-state index in [1.165, 1.54) is 36.6 Å². The molecule has 0 unspecified atom stereocenters. The molecule has 0 aliphatic heterocycles. The quantitative estimate of drug-likeness (QED) is 0.643. The van der Waals surface area contributed by atoms with E-state index in [-0.39, 0.29) is 12.3 Å². The van der Waals surface area contributed by atoms with Crippen molar-refractivity contribution in [3.63, 3.8) is 0 Å². The van der Waals surface area contributed by atoms with Gasteiger partial charge in [-0.15, -0.1) is 10.2 Å². The third-order valence-corrected chi connectivity index (χ3v) is 3.30. The van der Waals surface area contributed by atoms with Crippen LogP contribution in [0, 0.1) is 10.1 Å². The van der Waals surface area contributed by atoms with E-state index >= 15 is 0 Å². The second kappa shape index (κ2) is 6.15. The van der Waals surface area contributed by atoms with E-state index < -0.39 is 4.92 Å². The van der Waals surface area contributed by atoms with E-state index in [1.807, 2.05) is 0 Å². The second-order valence-corrected chi connectivity index (χ2v) is 4.69. The van der Waals surface area contributed by atoms with Crippen LogP contribution in [-0.4, -0.2) is 29.3 Å². The van der Waals surface area contributed by atoms with Crippen LogP contribution in [0.1, 0.15) is 5.01 Å². The number of benzene rings is 1. The summed E-state index contributed by atoms with van der Waals surface area (Å²) < 4.78 is 10.6. The van der Waals surface area contributed by atoms with E-state index in [4.69, 9.17) is 9.47 Å². The Labute approximate surface area is 118 Å². The van der Waals surface area contributed by atoms with E-state index in [9.17, 15) is 10.1 Å². The second-order valence-electron chi connectivity index (χ2n) is 3.63. The van der Waals surface area contributed by atoms with Crippen LogP contribution in [0.4, 0.5) is 10.8 Å². The van der Waals surface area contributed by atoms with E-state index in [0.717, 1.165) is 0 Å². The number of nitro groups is 1. The average Bonchev–Trinajstić information content (AvgIpc) is 2.92. The third kappa shape index (κ3) is 3.12. The van der Waals surface area contributed by atoms with Gasteiger partial charge in [0, 0.05) is 13.1 Å². The molecule has 0 bridgehead atoms. The lowest BCUT2D eigenvalue weighted by Gasteiger charge is -2.08. The molecule has 2 aromatic rings. The minimum absolute atomic E-state index is 0.0532. The zero-order valence-corrected chi connectivity index (χ0v) is 11.6. The van der Waals surface area contributed by atoms with Crippen LogP contribution in [0.25, 0.3) is 0 Å². The maximum Gasteiger partial charge on any atom is 0.273 e. The van der Waals surface area contributed by atoms with Gasteiger partial charge in [0.15, 0.2) is 16.5 Å². The maximum atomic E-state index is 10.7. The first kappa shape index (κ1) is 14.0. The molecule has 1 N–H and O–H groups in total. The number of hydrogen-bond donors (Lipinski definition) is 1. The lowest BCUT2D eigenvalue weighted by atomic mass is 10.3. The zero-order valence-electron chi connectivity index (χ0n) is 10.8. The SMILES string of the molecule is CNc1nnc(COc2ccc([N+](=O)[O-])cc2OC)s1. The van der Waals surface area contributed by atoms with E-state index in [1.54, 1.807) is 7.05 Å². The summed E-state index contributed by atoms with van der Waals surface area (Å²) in [7, 11) is 3.18. The van der Waals surface area contributed by atoms with Crippen molar-refractivity contribution in [3.05, 3.63) is 33.3 Å². The Balaban J connectivity index is 2.10. The van der Waals surface area contributed by atoms with Crippen LogP contribution >= 0.6 is 11.3 Å². The Bertz CT molecular complexity index is 616. The number of nitrogens with zero attached hydrogens (tertiary/aromatic N) is 3. The highest BCUT2D eigenvalue weighted by Crippen LogP contribution is 2.31. The molecule has 0 radical (unpaired) electrons. The summed E-state index contributed by atoms with van der Waals surface area (Å²) >= 11 is 1.37. The van der Waals surface area contributed by atoms with Crippen molar-refractivity contribution in [3.8, 4) is 11.5 Å². The van der Waals surface area contributed by atoms with Crippen molar-refractivity contribution < 1.29 is 14.4 Å². The zero-order chi connectivity index (χ0) is 14.5. The molecule has 20 heavy (non-hydrogen) atoms. The highest BCUT2D eigenvalue weighted by molar-refractivity contribution is 7.15. The van der Waals surface area contributed by atoms with Crippen molar-refractivity contribution in [1.82, 2.24) is 10.2 Å². The maximum absolute atomic E-state index is 10.7. The smallest absolute Gasteiger partial charge is 0.273 e. The van der Waals surface area contributed by atoms with E-state index in [0.29, 0.717) is 21.6 Å². The van der Waals surface area contributed by atoms with Gasteiger partial charge in [0.1, 0.15) is 6.61 Å². The Morgan fingerprint density at radius 2 is 2.20 bits per heavy atom. The largest absolute Gasteiger partial charge is 0.493 e. The molecular weight excluding hydrogens is 284 g/mol. The number of nitrogens with one attached hydrogen (secondary N) is 1. The molecule has 8 nitrogen and oxygen atoms in total. The van der Waals surface area contributed by atoms with Gasteiger partial charge in [-0.25, -0.2) is 0 Å². The van der Waals surface area contributed by atoms with Gasteiger partial charge >= 0.3 is 0 Å². The van der Waals surface area contributed by atoms with Crippen LogP contribution in [0.2, 0.25) is 0 Å². The molecule has 0 amide bonds. The van der Waals surface area contributed by atoms with Crippen molar-refractivity contribution in [2.24, 2.45) is 0 Å². The average molecular weight is 296 g/mol. The summed E-state index contributed by atoms with van der Waals surface area (Å²) in [4.78, 5) is 10.2. The van der Waals surface area contributed by atoms with Crippen molar-refractivity contribution >= 4 is 22.2 Å². The number of hydrogen-bond acceptors (Lipinski definition) is 8. The predicted octanol–water partition coefficient (Wildman–Crippen LogP) is 2.08. The van der Waals surface area contributed by atoms with Crippen LogP contribution in [0.5, 0.6) is 11.5 Å². The fourth-order valence-electron chi connectivity index (χ4n) is 1.44. The van der Waals surface area contributed by atoms with Crippen molar-refractivity contribution in [2.45, 2.75) is 6.61 Å². The number of rotatable bonds is 6. The van der Waals surface area contributed by atoms with Crippen molar-refractivity contribution in [1.29, 1.82) is 0 Å². The molecule has 0 saturated heterocycles. The summed E-state index contributed by atoms with van der Waals surface area (Å²) in [6.07, 6.45) is 0. The molecule has 0 atom stereocenters. The fraction of sp³-hybridized carbons (Fsp3) is 0.273. The van der Waals surface area contributed by atoms with Gasteiger partial charge in [-0.1, -0.05) is 11.3 Å². The topological polar surface area (TPSA) is 99.4 Å². The molecule has 1 aromatic carbocycles. The molecule has 1 heterocycles. The Hall–Kier alpha value is -2.42. The third-order valence-electron chi connectivity index (χ3n) is 2.39. The van der Waals surface area contributed by atoms with Gasteiger partial charge in [0.25, 0.3) is 5.69 Å². The minimum Gasteiger partial charge on any atom is -0.493 e. The predicted molar refractivity (Wildman–Crippen MR) is 73.4 cm³/mol. The van der Waals surface area contributed by atoms with Gasteiger partial charge in [-0.2, -0.15) is 0 Å². The summed E-state index contributed by atoms with van der Waals surface area (Å²) in [6, 6.07) is 4.17. The van der Waals surface area contributed by atoms with Crippen LogP contribution in [-0.2, 0) is 6.61 Å². The van der Waals surface area contributed by atoms with Crippen LogP contribution in [0.3, 0.4) is 0 Å². The molecule has 1 aromatic heterocycles. The molecule has 106 valence electrons. The number of ether oxygens (including phenoxy) is 2. The van der Waals surface area contributed by atoms with Gasteiger partial charge in [-0.05, 0) is 6.07 Å². The fourth-order valence-corrected chi connectivity index (χ4v) is 2.05. The van der Waals surface area contributed by atoms with Gasteiger partial charge in [0.05, 0.1) is 18.1 Å². The normalized spacial score (nSPS) is 10.1. The van der Waals surface area contributed by atoms with Gasteiger partial charge in [-0.3, -0.25) is 10.1 Å². The highest BCUT2D eigenvalue weighted by Gasteiger charge is 2.13. The van der Waals surface area contributed by atoms with Crippen LogP contribution < -0.4 is 14.8 Å². The first-order valence-electron chi connectivity index (χ1n) is 5.59. The number of nitro benzene ring substituents is 1. The molecule has 9 heteroatoms. The molecule has 2 rings (SSSR count). The van der Waals surface area contributed by atoms with E-state index in [2.05, 4.69) is 15.5 Å². The lowest BCUT2D eigenvalue weighted by molar-refractivity contribution is -0.385. The summed E-state index contributed by atoms with van der Waals surface area (Å²) in [6.45, 7) is 0.216. The summed E-state index contributed by atoms with van der Waals surface area (Å²) in [5, 5.41) is 22.8. The molecule has 0 saturated carbocycles. The Morgan fingerprint density at radius 1 is 1.40 bits per heavy atom. The number of aromatic nitrogens is 2. The molecule has 0 aliphatic carbocycles. The Kier molecular flexibility index (Phi) is 4.31. The first-order chi connectivity index (χ1) is 9.63. The van der Waals surface area contributed by atoms with Crippen molar-refractivity contribution in [2.75, 3.05) is 19.5 Å². The molecule has 0 aliphatic rings. The summed E-state index contributed by atoms with van der Waals surface area (Å²) in [5.41, 5.74) is -0.0532. The van der Waals surface area contributed by atoms with Gasteiger partial charge < -0.3 is 14.8 Å². The Morgan fingerprint density at radius 3 is 2.80 bits per heavy atom. The monoisotopic (exact) mass is 296 g/mol. The standard InChI is InChI=1S/C11H12N4O4S/c1-12-11-14-13-10(20-11)6-19-8-4-3-7(15(16)17)5-9(8)18-2/h3-5H,6H2,1-2H3,(H,12,14). The molecule has 0 fully saturated rings. The first-order valence-corrected chi connectivity index (χ1v) is 6.41. The lowest BCUT2D eigenvalue weighted by Crippen LogP contribution is -1.98. The van der Waals surface area contributed by atoms with Crippen LogP contribution in [0.15, 0.2) is 18.2 Å². The minimum atomic E-state index is -0.490. The number of methoxy groups -OCH3 is 1. The number of anilines is 1. The molecule has 0 spiro atoms. The highest BCUT2D eigenvalue weighted by atomic mass is 32.1.